The van der Waals surface area contributed by atoms with Crippen molar-refractivity contribution in [1.29, 1.82) is 0 Å². The summed E-state index contributed by atoms with van der Waals surface area (Å²) >= 11 is 2.12. The molecule has 1 aromatic carbocycles. The zero-order valence-electron chi connectivity index (χ0n) is 10.9. The maximum Gasteiger partial charge on any atom is 0.0608 e. The third-order valence-corrected chi connectivity index (χ3v) is 5.22. The Hall–Kier alpha value is -0.510. The van der Waals surface area contributed by atoms with Crippen molar-refractivity contribution in [3.63, 3.8) is 0 Å². The van der Waals surface area contributed by atoms with Gasteiger partial charge in [-0.2, -0.15) is 0 Å². The van der Waals surface area contributed by atoms with Crippen LogP contribution in [0.1, 0.15) is 30.5 Å². The highest BCUT2D eigenvalue weighted by Crippen LogP contribution is 2.41. The summed E-state index contributed by atoms with van der Waals surface area (Å²) in [6.45, 7) is 5.23. The van der Waals surface area contributed by atoms with Crippen molar-refractivity contribution in [3.05, 3.63) is 35.4 Å². The van der Waals surface area contributed by atoms with Gasteiger partial charge in [0.2, 0.25) is 0 Å². The average molecular weight is 263 g/mol. The SMILES string of the molecule is CCCNC1c2ccccc2CC1SC1COC1. The van der Waals surface area contributed by atoms with Crippen LogP contribution < -0.4 is 5.32 Å². The summed E-state index contributed by atoms with van der Waals surface area (Å²) in [5.74, 6) is 0. The molecule has 0 spiro atoms. The molecule has 1 aliphatic heterocycles. The maximum atomic E-state index is 5.30. The number of ether oxygens (including phenoxy) is 1. The van der Waals surface area contributed by atoms with Gasteiger partial charge in [0, 0.05) is 11.3 Å². The van der Waals surface area contributed by atoms with Crippen molar-refractivity contribution in [2.75, 3.05) is 19.8 Å². The summed E-state index contributed by atoms with van der Waals surface area (Å²) in [6, 6.07) is 9.44. The van der Waals surface area contributed by atoms with Gasteiger partial charge in [-0.3, -0.25) is 0 Å². The van der Waals surface area contributed by atoms with E-state index in [9.17, 15) is 0 Å². The minimum absolute atomic E-state index is 0.534. The summed E-state index contributed by atoms with van der Waals surface area (Å²) < 4.78 is 5.30. The van der Waals surface area contributed by atoms with E-state index in [0.29, 0.717) is 11.3 Å². The molecule has 0 radical (unpaired) electrons. The lowest BCUT2D eigenvalue weighted by molar-refractivity contribution is 0.0452. The summed E-state index contributed by atoms with van der Waals surface area (Å²) in [6.07, 6.45) is 2.40. The monoisotopic (exact) mass is 263 g/mol. The second-order valence-corrected chi connectivity index (χ2v) is 6.71. The van der Waals surface area contributed by atoms with Gasteiger partial charge in [0.15, 0.2) is 0 Å². The van der Waals surface area contributed by atoms with Gasteiger partial charge in [0.05, 0.1) is 18.5 Å². The minimum Gasteiger partial charge on any atom is -0.379 e. The minimum atomic E-state index is 0.534. The summed E-state index contributed by atoms with van der Waals surface area (Å²) in [5.41, 5.74) is 3.05. The fourth-order valence-corrected chi connectivity index (χ4v) is 4.29. The Kier molecular flexibility index (Phi) is 3.92. The van der Waals surface area contributed by atoms with E-state index >= 15 is 0 Å². The van der Waals surface area contributed by atoms with E-state index in [1.54, 1.807) is 0 Å². The molecule has 3 heteroatoms. The molecule has 1 heterocycles. The molecule has 1 fully saturated rings. The molecule has 3 rings (SSSR count). The molecule has 1 aromatic rings. The Morgan fingerprint density at radius 1 is 1.33 bits per heavy atom. The summed E-state index contributed by atoms with van der Waals surface area (Å²) in [5, 5.41) is 5.13. The molecule has 0 saturated carbocycles. The van der Waals surface area contributed by atoms with Crippen LogP contribution in [0, 0.1) is 0 Å². The highest BCUT2D eigenvalue weighted by atomic mass is 32.2. The molecule has 0 aromatic heterocycles. The van der Waals surface area contributed by atoms with Crippen molar-refractivity contribution in [1.82, 2.24) is 5.32 Å². The van der Waals surface area contributed by atoms with E-state index in [0.717, 1.165) is 25.0 Å². The zero-order valence-corrected chi connectivity index (χ0v) is 11.7. The lowest BCUT2D eigenvalue weighted by Crippen LogP contribution is -2.35. The molecule has 18 heavy (non-hydrogen) atoms. The van der Waals surface area contributed by atoms with E-state index in [4.69, 9.17) is 4.74 Å². The zero-order chi connectivity index (χ0) is 12.4. The molecular weight excluding hydrogens is 242 g/mol. The predicted octanol–water partition coefficient (Wildman–Crippen LogP) is 2.78. The van der Waals surface area contributed by atoms with E-state index in [1.165, 1.54) is 24.0 Å². The molecule has 2 atom stereocenters. The molecule has 2 unspecified atom stereocenters. The van der Waals surface area contributed by atoms with Crippen molar-refractivity contribution in [2.24, 2.45) is 0 Å². The molecule has 1 N–H and O–H groups in total. The molecule has 2 nitrogen and oxygen atoms in total. The highest BCUT2D eigenvalue weighted by Gasteiger charge is 2.35. The highest BCUT2D eigenvalue weighted by molar-refractivity contribution is 8.00. The molecule has 2 aliphatic rings. The largest absolute Gasteiger partial charge is 0.379 e. The van der Waals surface area contributed by atoms with Crippen LogP contribution in [0.25, 0.3) is 0 Å². The molecule has 0 bridgehead atoms. The second kappa shape index (κ2) is 5.64. The fraction of sp³-hybridized carbons (Fsp3) is 0.600. The van der Waals surface area contributed by atoms with Gasteiger partial charge >= 0.3 is 0 Å². The van der Waals surface area contributed by atoms with Crippen LogP contribution in [0.15, 0.2) is 24.3 Å². The van der Waals surface area contributed by atoms with Gasteiger partial charge in [-0.15, -0.1) is 11.8 Å². The number of hydrogen-bond donors (Lipinski definition) is 1. The van der Waals surface area contributed by atoms with Gasteiger partial charge in [-0.05, 0) is 30.5 Å². The van der Waals surface area contributed by atoms with Crippen molar-refractivity contribution < 1.29 is 4.74 Å². The Morgan fingerprint density at radius 2 is 2.17 bits per heavy atom. The Labute approximate surface area is 113 Å². The van der Waals surface area contributed by atoms with E-state index < -0.39 is 0 Å². The van der Waals surface area contributed by atoms with Crippen LogP contribution in [0.2, 0.25) is 0 Å². The maximum absolute atomic E-state index is 5.30. The molecule has 0 amide bonds. The molecule has 1 saturated heterocycles. The smallest absolute Gasteiger partial charge is 0.0608 e. The van der Waals surface area contributed by atoms with Gasteiger partial charge in [-0.25, -0.2) is 0 Å². The number of fused-ring (bicyclic) bond motifs is 1. The second-order valence-electron chi connectivity index (χ2n) is 5.17. The first-order valence-corrected chi connectivity index (χ1v) is 7.87. The van der Waals surface area contributed by atoms with Gasteiger partial charge in [-0.1, -0.05) is 31.2 Å². The molecule has 1 aliphatic carbocycles. The van der Waals surface area contributed by atoms with E-state index in [-0.39, 0.29) is 0 Å². The van der Waals surface area contributed by atoms with Crippen molar-refractivity contribution in [3.8, 4) is 0 Å². The first kappa shape index (κ1) is 12.5. The predicted molar refractivity (Wildman–Crippen MR) is 77.2 cm³/mol. The number of rotatable bonds is 5. The normalized spacial score (nSPS) is 26.9. The van der Waals surface area contributed by atoms with Crippen LogP contribution >= 0.6 is 11.8 Å². The van der Waals surface area contributed by atoms with Crippen molar-refractivity contribution in [2.45, 2.75) is 36.3 Å². The van der Waals surface area contributed by atoms with Crippen LogP contribution in [0.4, 0.5) is 0 Å². The molecular formula is C15H21NOS. The fourth-order valence-electron chi connectivity index (χ4n) is 2.77. The Bertz CT molecular complexity index is 405. The lowest BCUT2D eigenvalue weighted by atomic mass is 10.1. The van der Waals surface area contributed by atoms with Crippen LogP contribution in [0.5, 0.6) is 0 Å². The first-order chi connectivity index (χ1) is 8.88. The summed E-state index contributed by atoms with van der Waals surface area (Å²) in [7, 11) is 0. The number of hydrogen-bond acceptors (Lipinski definition) is 3. The lowest BCUT2D eigenvalue weighted by Gasteiger charge is -2.31. The van der Waals surface area contributed by atoms with Gasteiger partial charge in [0.1, 0.15) is 0 Å². The average Bonchev–Trinajstić information content (AvgIpc) is 2.69. The quantitative estimate of drug-likeness (QED) is 0.882. The van der Waals surface area contributed by atoms with Gasteiger partial charge in [0.25, 0.3) is 0 Å². The molecule has 98 valence electrons. The number of nitrogens with one attached hydrogen (secondary N) is 1. The van der Waals surface area contributed by atoms with Crippen LogP contribution in [-0.4, -0.2) is 30.3 Å². The van der Waals surface area contributed by atoms with E-state index in [1.807, 2.05) is 0 Å². The number of benzene rings is 1. The number of thioether (sulfide) groups is 1. The summed E-state index contributed by atoms with van der Waals surface area (Å²) in [4.78, 5) is 0. The standard InChI is InChI=1S/C15H21NOS/c1-2-7-16-15-13-6-4-3-5-11(13)8-14(15)18-12-9-17-10-12/h3-6,12,14-16H,2,7-10H2,1H3. The third-order valence-electron chi connectivity index (χ3n) is 3.77. The Balaban J connectivity index is 1.73. The Morgan fingerprint density at radius 3 is 2.89 bits per heavy atom. The third kappa shape index (κ3) is 2.44. The van der Waals surface area contributed by atoms with Gasteiger partial charge < -0.3 is 10.1 Å². The first-order valence-electron chi connectivity index (χ1n) is 6.93. The van der Waals surface area contributed by atoms with Crippen molar-refractivity contribution >= 4 is 11.8 Å². The van der Waals surface area contributed by atoms with Crippen LogP contribution in [-0.2, 0) is 11.2 Å². The van der Waals surface area contributed by atoms with Crippen LogP contribution in [0.3, 0.4) is 0 Å². The van der Waals surface area contributed by atoms with E-state index in [2.05, 4.69) is 48.3 Å². The topological polar surface area (TPSA) is 21.3 Å².